The number of alkyl halides is 6. The molecule has 0 N–H and O–H groups in total. The van der Waals surface area contributed by atoms with E-state index in [4.69, 9.17) is 5.11 Å². The Morgan fingerprint density at radius 3 is 1.30 bits per heavy atom. The Morgan fingerprint density at radius 1 is 1.00 bits per heavy atom. The predicted molar refractivity (Wildman–Crippen MR) is 16.6 cm³/mol. The molecule has 10 heavy (non-hydrogen) atoms. The van der Waals surface area contributed by atoms with Gasteiger partial charge < -0.3 is 0 Å². The van der Waals surface area contributed by atoms with E-state index in [0.29, 0.717) is 0 Å². The van der Waals surface area contributed by atoms with E-state index in [0.717, 1.165) is 0 Å². The standard InChI is InChI=1S/C3HF6O/c4-1(5)2(6,7)3(8,9)10/h1H. The number of halogens is 6. The maximum Gasteiger partial charge on any atom is 0.451 e. The quantitative estimate of drug-likeness (QED) is 0.560. The molecule has 7 heteroatoms. The molecule has 0 amide bonds. The summed E-state index contributed by atoms with van der Waals surface area (Å²) in [5, 5.41) is 9.00. The summed E-state index contributed by atoms with van der Waals surface area (Å²) in [4.78, 5) is 0. The van der Waals surface area contributed by atoms with E-state index in [1.54, 1.807) is 0 Å². The monoisotopic (exact) mass is 167 g/mol. The van der Waals surface area contributed by atoms with Crippen molar-refractivity contribution in [2.24, 2.45) is 0 Å². The smallest absolute Gasteiger partial charge is 0.203 e. The summed E-state index contributed by atoms with van der Waals surface area (Å²) in [6.45, 7) is 0. The number of hydrogen-bond acceptors (Lipinski definition) is 0. The zero-order valence-electron chi connectivity index (χ0n) is 4.25. The molecule has 1 radical (unpaired) electrons. The Bertz CT molecular complexity index is 115. The van der Waals surface area contributed by atoms with Gasteiger partial charge in [0.05, 0.1) is 0 Å². The van der Waals surface area contributed by atoms with Gasteiger partial charge in [0.2, 0.25) is 0 Å². The van der Waals surface area contributed by atoms with Gasteiger partial charge in [-0.15, -0.1) is 0 Å². The van der Waals surface area contributed by atoms with Crippen molar-refractivity contribution in [3.63, 3.8) is 0 Å². The second kappa shape index (κ2) is 2.30. The van der Waals surface area contributed by atoms with Crippen LogP contribution in [-0.2, 0) is 5.11 Å². The van der Waals surface area contributed by atoms with E-state index in [1.807, 2.05) is 0 Å². The largest absolute Gasteiger partial charge is 0.451 e. The Balaban J connectivity index is 4.40. The zero-order chi connectivity index (χ0) is 8.58. The predicted octanol–water partition coefficient (Wildman–Crippen LogP) is 1.91. The van der Waals surface area contributed by atoms with Crippen molar-refractivity contribution in [2.75, 3.05) is 0 Å². The van der Waals surface area contributed by atoms with Crippen molar-refractivity contribution < 1.29 is 31.4 Å². The third kappa shape index (κ3) is 1.53. The van der Waals surface area contributed by atoms with E-state index in [2.05, 4.69) is 0 Å². The molecule has 0 spiro atoms. The minimum absolute atomic E-state index is 4.64. The molecule has 0 fully saturated rings. The van der Waals surface area contributed by atoms with Crippen LogP contribution in [0.2, 0.25) is 0 Å². The van der Waals surface area contributed by atoms with Crippen LogP contribution in [-0.4, -0.2) is 18.5 Å². The maximum absolute atomic E-state index is 11.2. The summed E-state index contributed by atoms with van der Waals surface area (Å²) in [5.41, 5.74) is 0. The van der Waals surface area contributed by atoms with E-state index in [-0.39, 0.29) is 0 Å². The molecule has 0 aromatic heterocycles. The molecule has 0 saturated carbocycles. The van der Waals surface area contributed by atoms with Crippen LogP contribution in [0.3, 0.4) is 0 Å². The lowest BCUT2D eigenvalue weighted by molar-refractivity contribution is -0.379. The minimum atomic E-state index is -5.92. The lowest BCUT2D eigenvalue weighted by Crippen LogP contribution is -2.45. The molecule has 0 unspecified atom stereocenters. The molecule has 0 aliphatic heterocycles. The highest BCUT2D eigenvalue weighted by molar-refractivity contribution is 4.76. The van der Waals surface area contributed by atoms with Crippen molar-refractivity contribution in [3.05, 3.63) is 0 Å². The maximum atomic E-state index is 11.2. The summed E-state index contributed by atoms with van der Waals surface area (Å²) in [6.07, 6.45) is -10.6. The molecular formula is C3HF6O. The van der Waals surface area contributed by atoms with Crippen molar-refractivity contribution in [2.45, 2.75) is 18.5 Å². The normalized spacial score (nSPS) is 14.4. The molecule has 0 aliphatic rings. The van der Waals surface area contributed by atoms with Gasteiger partial charge in [-0.1, -0.05) is 0 Å². The van der Waals surface area contributed by atoms with Crippen LogP contribution in [0.5, 0.6) is 0 Å². The van der Waals surface area contributed by atoms with Crippen molar-refractivity contribution in [3.8, 4) is 0 Å². The second-order valence-electron chi connectivity index (χ2n) is 1.44. The molecule has 0 aromatic carbocycles. The molecule has 61 valence electrons. The highest BCUT2D eigenvalue weighted by Crippen LogP contribution is 2.37. The van der Waals surface area contributed by atoms with Gasteiger partial charge in [-0.3, -0.25) is 0 Å². The minimum Gasteiger partial charge on any atom is -0.203 e. The molecule has 0 saturated heterocycles. The first-order valence-electron chi connectivity index (χ1n) is 1.94. The van der Waals surface area contributed by atoms with Gasteiger partial charge in [0.15, 0.2) is 0 Å². The fourth-order valence-corrected chi connectivity index (χ4v) is 0.127. The average molecular weight is 167 g/mol. The first kappa shape index (κ1) is 9.54. The molecule has 0 heterocycles. The Hall–Kier alpha value is -0.460. The van der Waals surface area contributed by atoms with Crippen molar-refractivity contribution >= 4 is 0 Å². The highest BCUT2D eigenvalue weighted by atomic mass is 19.3. The SMILES string of the molecule is [O]C(F)(F)C(F)(F)C(F)F. The van der Waals surface area contributed by atoms with Gasteiger partial charge in [0, 0.05) is 0 Å². The van der Waals surface area contributed by atoms with Crippen LogP contribution in [0.15, 0.2) is 0 Å². The average Bonchev–Trinajstić information content (AvgIpc) is 1.62. The first-order chi connectivity index (χ1) is 4.19. The Morgan fingerprint density at radius 2 is 1.30 bits per heavy atom. The topological polar surface area (TPSA) is 19.9 Å². The third-order valence-electron chi connectivity index (χ3n) is 0.662. The zero-order valence-corrected chi connectivity index (χ0v) is 4.25. The van der Waals surface area contributed by atoms with Crippen molar-refractivity contribution in [1.29, 1.82) is 0 Å². The summed E-state index contributed by atoms with van der Waals surface area (Å²) < 4.78 is 66.2. The van der Waals surface area contributed by atoms with Crippen LogP contribution in [0, 0.1) is 0 Å². The summed E-state index contributed by atoms with van der Waals surface area (Å²) in [6, 6.07) is 0. The van der Waals surface area contributed by atoms with Gasteiger partial charge in [0.1, 0.15) is 0 Å². The molecule has 0 rings (SSSR count). The van der Waals surface area contributed by atoms with Crippen LogP contribution >= 0.6 is 0 Å². The van der Waals surface area contributed by atoms with Gasteiger partial charge in [-0.05, 0) is 0 Å². The van der Waals surface area contributed by atoms with Crippen LogP contribution in [0.4, 0.5) is 26.3 Å². The fraction of sp³-hybridized carbons (Fsp3) is 1.00. The lowest BCUT2D eigenvalue weighted by Gasteiger charge is -2.17. The van der Waals surface area contributed by atoms with E-state index in [9.17, 15) is 26.3 Å². The molecular weight excluding hydrogens is 166 g/mol. The summed E-state index contributed by atoms with van der Waals surface area (Å²) >= 11 is 0. The molecule has 0 bridgehead atoms. The first-order valence-corrected chi connectivity index (χ1v) is 1.94. The molecule has 0 aromatic rings. The number of hydrogen-bond donors (Lipinski definition) is 0. The number of rotatable bonds is 2. The van der Waals surface area contributed by atoms with Crippen LogP contribution in [0.25, 0.3) is 0 Å². The molecule has 0 aliphatic carbocycles. The highest BCUT2D eigenvalue weighted by Gasteiger charge is 2.63. The van der Waals surface area contributed by atoms with Gasteiger partial charge in [-0.2, -0.15) is 22.7 Å². The molecule has 0 atom stereocenters. The van der Waals surface area contributed by atoms with Gasteiger partial charge in [-0.25, -0.2) is 8.78 Å². The Labute approximate surface area is 51.3 Å². The molecule has 1 nitrogen and oxygen atoms in total. The Kier molecular flexibility index (Phi) is 2.19. The van der Waals surface area contributed by atoms with Gasteiger partial charge in [0.25, 0.3) is 0 Å². The van der Waals surface area contributed by atoms with E-state index >= 15 is 0 Å². The summed E-state index contributed by atoms with van der Waals surface area (Å²) in [5.74, 6) is -5.78. The third-order valence-corrected chi connectivity index (χ3v) is 0.662. The van der Waals surface area contributed by atoms with Crippen LogP contribution < -0.4 is 0 Å². The van der Waals surface area contributed by atoms with Gasteiger partial charge >= 0.3 is 18.5 Å². The lowest BCUT2D eigenvalue weighted by atomic mass is 10.3. The van der Waals surface area contributed by atoms with Crippen LogP contribution in [0.1, 0.15) is 0 Å². The fourth-order valence-electron chi connectivity index (χ4n) is 0.127. The van der Waals surface area contributed by atoms with Crippen molar-refractivity contribution in [1.82, 2.24) is 0 Å². The van der Waals surface area contributed by atoms with E-state index in [1.165, 1.54) is 0 Å². The summed E-state index contributed by atoms with van der Waals surface area (Å²) in [7, 11) is 0. The second-order valence-corrected chi connectivity index (χ2v) is 1.44. The van der Waals surface area contributed by atoms with E-state index < -0.39 is 18.5 Å².